The highest BCUT2D eigenvalue weighted by Gasteiger charge is 2.17. The Labute approximate surface area is 114 Å². The quantitative estimate of drug-likeness (QED) is 0.904. The van der Waals surface area contributed by atoms with E-state index in [1.165, 1.54) is 23.7 Å². The molecule has 0 atom stereocenters. The number of aryl methyl sites for hydroxylation is 1. The number of rotatable bonds is 4. The number of nitrogens with zero attached hydrogens (tertiary/aromatic N) is 1. The molecule has 19 heavy (non-hydrogen) atoms. The number of hydrogen-bond acceptors (Lipinski definition) is 4. The van der Waals surface area contributed by atoms with Crippen LogP contribution in [0.2, 0.25) is 0 Å². The molecule has 0 spiro atoms. The van der Waals surface area contributed by atoms with E-state index in [0.717, 1.165) is 10.6 Å². The van der Waals surface area contributed by atoms with Crippen molar-refractivity contribution in [3.8, 4) is 0 Å². The van der Waals surface area contributed by atoms with E-state index in [1.807, 2.05) is 0 Å². The summed E-state index contributed by atoms with van der Waals surface area (Å²) in [7, 11) is 1.75. The van der Waals surface area contributed by atoms with Crippen molar-refractivity contribution in [2.45, 2.75) is 13.5 Å². The summed E-state index contributed by atoms with van der Waals surface area (Å²) in [6, 6.07) is 6.16. The Morgan fingerprint density at radius 3 is 2.95 bits per heavy atom. The lowest BCUT2D eigenvalue weighted by molar-refractivity contribution is 0.0951. The van der Waals surface area contributed by atoms with Crippen molar-refractivity contribution in [3.63, 3.8) is 0 Å². The highest BCUT2D eigenvalue weighted by Crippen LogP contribution is 2.23. The van der Waals surface area contributed by atoms with Crippen molar-refractivity contribution in [1.82, 2.24) is 9.69 Å². The molecule has 100 valence electrons. The first-order valence-electron chi connectivity index (χ1n) is 5.78. The maximum atomic E-state index is 13.0. The van der Waals surface area contributed by atoms with Crippen LogP contribution < -0.4 is 10.6 Å². The molecule has 1 heterocycles. The molecule has 1 aromatic carbocycles. The highest BCUT2D eigenvalue weighted by molar-refractivity contribution is 7.10. The van der Waals surface area contributed by atoms with Gasteiger partial charge in [0.2, 0.25) is 0 Å². The van der Waals surface area contributed by atoms with Crippen LogP contribution >= 0.6 is 11.5 Å². The van der Waals surface area contributed by atoms with Crippen LogP contribution in [0.1, 0.15) is 21.6 Å². The first-order valence-corrected chi connectivity index (χ1v) is 6.56. The third-order valence-corrected chi connectivity index (χ3v) is 3.61. The molecule has 0 aliphatic heterocycles. The van der Waals surface area contributed by atoms with Gasteiger partial charge in [-0.1, -0.05) is 12.1 Å². The second-order valence-corrected chi connectivity index (χ2v) is 4.81. The summed E-state index contributed by atoms with van der Waals surface area (Å²) in [6.45, 7) is 2.07. The predicted molar refractivity (Wildman–Crippen MR) is 74.0 cm³/mol. The summed E-state index contributed by atoms with van der Waals surface area (Å²) < 4.78 is 17.2. The first-order chi connectivity index (χ1) is 9.11. The minimum absolute atomic E-state index is 0.208. The van der Waals surface area contributed by atoms with Crippen molar-refractivity contribution in [2.75, 3.05) is 12.4 Å². The monoisotopic (exact) mass is 279 g/mol. The SMILES string of the molecule is CNc1snc(C)c1C(=O)NCc1cccc(F)c1. The summed E-state index contributed by atoms with van der Waals surface area (Å²) in [6.07, 6.45) is 0. The van der Waals surface area contributed by atoms with Crippen LogP contribution in [0.4, 0.5) is 9.39 Å². The van der Waals surface area contributed by atoms with Crippen LogP contribution in [0.15, 0.2) is 24.3 Å². The van der Waals surface area contributed by atoms with Gasteiger partial charge in [0, 0.05) is 13.6 Å². The highest BCUT2D eigenvalue weighted by atomic mass is 32.1. The number of amides is 1. The van der Waals surface area contributed by atoms with E-state index in [9.17, 15) is 9.18 Å². The van der Waals surface area contributed by atoms with Crippen molar-refractivity contribution in [1.29, 1.82) is 0 Å². The molecule has 1 amide bonds. The smallest absolute Gasteiger partial charge is 0.256 e. The number of nitrogens with one attached hydrogen (secondary N) is 2. The Morgan fingerprint density at radius 1 is 1.47 bits per heavy atom. The first kappa shape index (κ1) is 13.5. The van der Waals surface area contributed by atoms with E-state index in [2.05, 4.69) is 15.0 Å². The topological polar surface area (TPSA) is 54.0 Å². The Hall–Kier alpha value is -1.95. The third-order valence-electron chi connectivity index (χ3n) is 2.66. The molecule has 0 radical (unpaired) electrons. The molecule has 0 saturated heterocycles. The average Bonchev–Trinajstić information content (AvgIpc) is 2.77. The number of hydrogen-bond donors (Lipinski definition) is 2. The number of carbonyl (C=O) groups excluding carboxylic acids is 1. The lowest BCUT2D eigenvalue weighted by Crippen LogP contribution is -2.23. The molecule has 0 unspecified atom stereocenters. The summed E-state index contributed by atoms with van der Waals surface area (Å²) in [5.41, 5.74) is 1.95. The fraction of sp³-hybridized carbons (Fsp3) is 0.231. The number of aromatic nitrogens is 1. The maximum Gasteiger partial charge on any atom is 0.256 e. The van der Waals surface area contributed by atoms with E-state index in [1.54, 1.807) is 26.1 Å². The van der Waals surface area contributed by atoms with Gasteiger partial charge >= 0.3 is 0 Å². The fourth-order valence-corrected chi connectivity index (χ4v) is 2.47. The van der Waals surface area contributed by atoms with Gasteiger partial charge in [0.05, 0.1) is 11.3 Å². The lowest BCUT2D eigenvalue weighted by atomic mass is 10.2. The zero-order valence-electron chi connectivity index (χ0n) is 10.7. The molecular weight excluding hydrogens is 265 g/mol. The number of benzene rings is 1. The summed E-state index contributed by atoms with van der Waals surface area (Å²) in [4.78, 5) is 12.1. The van der Waals surface area contributed by atoms with Gasteiger partial charge in [-0.2, -0.15) is 4.37 Å². The minimum Gasteiger partial charge on any atom is -0.378 e. The summed E-state index contributed by atoms with van der Waals surface area (Å²) >= 11 is 1.25. The van der Waals surface area contributed by atoms with Gasteiger partial charge < -0.3 is 10.6 Å². The van der Waals surface area contributed by atoms with Crippen LogP contribution in [0.3, 0.4) is 0 Å². The third kappa shape index (κ3) is 3.08. The molecule has 0 aliphatic rings. The van der Waals surface area contributed by atoms with Crippen molar-refractivity contribution in [2.24, 2.45) is 0 Å². The lowest BCUT2D eigenvalue weighted by Gasteiger charge is -2.06. The van der Waals surface area contributed by atoms with Gasteiger partial charge in [0.25, 0.3) is 5.91 Å². The van der Waals surface area contributed by atoms with Crippen LogP contribution in [-0.2, 0) is 6.54 Å². The number of anilines is 1. The molecule has 2 aromatic rings. The van der Waals surface area contributed by atoms with E-state index in [0.29, 0.717) is 11.3 Å². The minimum atomic E-state index is -0.309. The van der Waals surface area contributed by atoms with Gasteiger partial charge in [-0.25, -0.2) is 4.39 Å². The molecule has 0 aliphatic carbocycles. The van der Waals surface area contributed by atoms with Gasteiger partial charge in [0.1, 0.15) is 10.8 Å². The molecule has 0 bridgehead atoms. The number of carbonyl (C=O) groups is 1. The van der Waals surface area contributed by atoms with Crippen LogP contribution in [0.25, 0.3) is 0 Å². The van der Waals surface area contributed by atoms with Crippen molar-refractivity contribution < 1.29 is 9.18 Å². The molecule has 1 aromatic heterocycles. The molecule has 2 rings (SSSR count). The molecular formula is C13H14FN3OS. The molecule has 0 fully saturated rings. The van der Waals surface area contributed by atoms with E-state index >= 15 is 0 Å². The van der Waals surface area contributed by atoms with E-state index < -0.39 is 0 Å². The largest absolute Gasteiger partial charge is 0.378 e. The normalized spacial score (nSPS) is 10.3. The Balaban J connectivity index is 2.07. The van der Waals surface area contributed by atoms with Gasteiger partial charge in [-0.3, -0.25) is 4.79 Å². The maximum absolute atomic E-state index is 13.0. The zero-order valence-corrected chi connectivity index (χ0v) is 11.5. The van der Waals surface area contributed by atoms with Gasteiger partial charge in [-0.05, 0) is 36.2 Å². The van der Waals surface area contributed by atoms with Crippen molar-refractivity contribution in [3.05, 3.63) is 46.9 Å². The van der Waals surface area contributed by atoms with Gasteiger partial charge in [-0.15, -0.1) is 0 Å². The average molecular weight is 279 g/mol. The van der Waals surface area contributed by atoms with E-state index in [-0.39, 0.29) is 18.3 Å². The summed E-state index contributed by atoms with van der Waals surface area (Å²) in [5, 5.41) is 6.44. The standard InChI is InChI=1S/C13H14FN3OS/c1-8-11(13(15-2)19-17-8)12(18)16-7-9-4-3-5-10(14)6-9/h3-6,15H,7H2,1-2H3,(H,16,18). The molecule has 0 saturated carbocycles. The predicted octanol–water partition coefficient (Wildman–Crippen LogP) is 2.56. The van der Waals surface area contributed by atoms with Crippen LogP contribution in [-0.4, -0.2) is 17.3 Å². The molecule has 2 N–H and O–H groups in total. The zero-order chi connectivity index (χ0) is 13.8. The van der Waals surface area contributed by atoms with E-state index in [4.69, 9.17) is 0 Å². The van der Waals surface area contributed by atoms with Crippen LogP contribution in [0, 0.1) is 12.7 Å². The molecule has 4 nitrogen and oxygen atoms in total. The van der Waals surface area contributed by atoms with Crippen LogP contribution in [0.5, 0.6) is 0 Å². The Morgan fingerprint density at radius 2 is 2.26 bits per heavy atom. The summed E-state index contributed by atoms with van der Waals surface area (Å²) in [5.74, 6) is -0.518. The second-order valence-electron chi connectivity index (χ2n) is 4.03. The van der Waals surface area contributed by atoms with Gasteiger partial charge in [0.15, 0.2) is 0 Å². The Kier molecular flexibility index (Phi) is 4.11. The van der Waals surface area contributed by atoms with Crippen molar-refractivity contribution >= 4 is 22.4 Å². The molecule has 6 heteroatoms. The fourth-order valence-electron chi connectivity index (χ4n) is 1.73. The second kappa shape index (κ2) is 5.79. The number of halogens is 1. The Bertz CT molecular complexity index is 597.